The van der Waals surface area contributed by atoms with Gasteiger partial charge in [-0.25, -0.2) is 0 Å². The van der Waals surface area contributed by atoms with E-state index in [4.69, 9.17) is 4.74 Å². The van der Waals surface area contributed by atoms with E-state index in [2.05, 4.69) is 0 Å². The van der Waals surface area contributed by atoms with Crippen LogP contribution < -0.4 is 4.90 Å². The number of nitrogens with zero attached hydrogens (tertiary/aromatic N) is 1. The van der Waals surface area contributed by atoms with Crippen LogP contribution in [0.25, 0.3) is 0 Å². The summed E-state index contributed by atoms with van der Waals surface area (Å²) in [5.41, 5.74) is 2.76. The van der Waals surface area contributed by atoms with Crippen LogP contribution in [0.2, 0.25) is 0 Å². The highest BCUT2D eigenvalue weighted by molar-refractivity contribution is 6.01. The number of aryl methyl sites for hydroxylation is 1. The average Bonchev–Trinajstić information content (AvgIpc) is 2.34. The molecule has 1 amide bonds. The first kappa shape index (κ1) is 12.6. The molecule has 0 spiro atoms. The van der Waals surface area contributed by atoms with Crippen LogP contribution in [0.4, 0.5) is 5.69 Å². The standard InChI is InChI=1S/C14H17NO3/c1-4-18-14(17)11-8-13(16)15(3)12-6-5-9(2)7-10(11)12/h5-7,11H,4,8H2,1-3H3. The number of hydrogen-bond acceptors (Lipinski definition) is 3. The summed E-state index contributed by atoms with van der Waals surface area (Å²) < 4.78 is 5.05. The van der Waals surface area contributed by atoms with Crippen molar-refractivity contribution in [3.8, 4) is 0 Å². The second-order valence-electron chi connectivity index (χ2n) is 4.52. The van der Waals surface area contributed by atoms with Gasteiger partial charge in [0.1, 0.15) is 0 Å². The van der Waals surface area contributed by atoms with Crippen molar-refractivity contribution >= 4 is 17.6 Å². The van der Waals surface area contributed by atoms with E-state index in [1.165, 1.54) is 0 Å². The van der Waals surface area contributed by atoms with Gasteiger partial charge in [0.05, 0.1) is 12.5 Å². The van der Waals surface area contributed by atoms with Crippen molar-refractivity contribution < 1.29 is 14.3 Å². The van der Waals surface area contributed by atoms with Gasteiger partial charge in [-0.15, -0.1) is 0 Å². The number of rotatable bonds is 2. The van der Waals surface area contributed by atoms with E-state index in [1.807, 2.05) is 25.1 Å². The van der Waals surface area contributed by atoms with E-state index in [0.29, 0.717) is 6.61 Å². The number of benzene rings is 1. The fourth-order valence-corrected chi connectivity index (χ4v) is 2.27. The molecule has 96 valence electrons. The maximum Gasteiger partial charge on any atom is 0.314 e. The van der Waals surface area contributed by atoms with Crippen LogP contribution in [-0.4, -0.2) is 25.5 Å². The van der Waals surface area contributed by atoms with Gasteiger partial charge < -0.3 is 9.64 Å². The average molecular weight is 247 g/mol. The number of hydrogen-bond donors (Lipinski definition) is 0. The Morgan fingerprint density at radius 3 is 2.89 bits per heavy atom. The van der Waals surface area contributed by atoms with E-state index >= 15 is 0 Å². The summed E-state index contributed by atoms with van der Waals surface area (Å²) in [5.74, 6) is -0.834. The number of carbonyl (C=O) groups is 2. The number of ether oxygens (including phenoxy) is 1. The summed E-state index contributed by atoms with van der Waals surface area (Å²) in [5, 5.41) is 0. The largest absolute Gasteiger partial charge is 0.466 e. The lowest BCUT2D eigenvalue weighted by Gasteiger charge is -2.30. The molecule has 0 N–H and O–H groups in total. The Balaban J connectivity index is 2.45. The Bertz CT molecular complexity index is 496. The van der Waals surface area contributed by atoms with Crippen LogP contribution >= 0.6 is 0 Å². The molecule has 4 nitrogen and oxygen atoms in total. The van der Waals surface area contributed by atoms with Crippen LogP contribution in [0.1, 0.15) is 30.4 Å². The van der Waals surface area contributed by atoms with Crippen molar-refractivity contribution in [2.45, 2.75) is 26.2 Å². The number of anilines is 1. The third-order valence-corrected chi connectivity index (χ3v) is 3.24. The third-order valence-electron chi connectivity index (χ3n) is 3.24. The predicted octanol–water partition coefficient (Wildman–Crippen LogP) is 2.01. The number of fused-ring (bicyclic) bond motifs is 1. The zero-order valence-corrected chi connectivity index (χ0v) is 10.9. The first-order valence-corrected chi connectivity index (χ1v) is 6.08. The van der Waals surface area contributed by atoms with Crippen molar-refractivity contribution in [3.63, 3.8) is 0 Å². The minimum absolute atomic E-state index is 0.0515. The Kier molecular flexibility index (Phi) is 3.36. The summed E-state index contributed by atoms with van der Waals surface area (Å²) in [6, 6.07) is 5.78. The molecule has 0 saturated carbocycles. The molecule has 18 heavy (non-hydrogen) atoms. The molecule has 2 rings (SSSR count). The molecule has 0 radical (unpaired) electrons. The molecule has 0 aromatic heterocycles. The quantitative estimate of drug-likeness (QED) is 0.751. The summed E-state index contributed by atoms with van der Waals surface area (Å²) >= 11 is 0. The zero-order valence-electron chi connectivity index (χ0n) is 10.9. The number of carbonyl (C=O) groups excluding carboxylic acids is 2. The van der Waals surface area contributed by atoms with Crippen molar-refractivity contribution in [2.75, 3.05) is 18.6 Å². The lowest BCUT2D eigenvalue weighted by atomic mass is 9.88. The zero-order chi connectivity index (χ0) is 13.3. The molecular formula is C14H17NO3. The lowest BCUT2D eigenvalue weighted by Crippen LogP contribution is -2.36. The van der Waals surface area contributed by atoms with Gasteiger partial charge >= 0.3 is 5.97 Å². The van der Waals surface area contributed by atoms with Crippen LogP contribution in [0, 0.1) is 6.92 Å². The molecule has 1 atom stereocenters. The second kappa shape index (κ2) is 4.80. The lowest BCUT2D eigenvalue weighted by molar-refractivity contribution is -0.146. The fraction of sp³-hybridized carbons (Fsp3) is 0.429. The van der Waals surface area contributed by atoms with E-state index < -0.39 is 5.92 Å². The summed E-state index contributed by atoms with van der Waals surface area (Å²) in [6.45, 7) is 4.07. The Morgan fingerprint density at radius 2 is 2.22 bits per heavy atom. The summed E-state index contributed by atoms with van der Waals surface area (Å²) in [4.78, 5) is 25.4. The van der Waals surface area contributed by atoms with Crippen molar-refractivity contribution in [1.82, 2.24) is 0 Å². The molecule has 4 heteroatoms. The Morgan fingerprint density at radius 1 is 1.50 bits per heavy atom. The molecule has 1 aromatic carbocycles. The Hall–Kier alpha value is -1.84. The molecule has 0 fully saturated rings. The first-order valence-electron chi connectivity index (χ1n) is 6.08. The normalized spacial score (nSPS) is 18.5. The van der Waals surface area contributed by atoms with Gasteiger partial charge in [-0.05, 0) is 25.5 Å². The number of esters is 1. The second-order valence-corrected chi connectivity index (χ2v) is 4.52. The molecule has 0 aliphatic carbocycles. The van der Waals surface area contributed by atoms with Crippen LogP contribution in [0.5, 0.6) is 0 Å². The van der Waals surface area contributed by atoms with E-state index in [9.17, 15) is 9.59 Å². The van der Waals surface area contributed by atoms with Gasteiger partial charge in [0.2, 0.25) is 5.91 Å². The van der Waals surface area contributed by atoms with E-state index in [0.717, 1.165) is 16.8 Å². The van der Waals surface area contributed by atoms with Crippen molar-refractivity contribution in [3.05, 3.63) is 29.3 Å². The topological polar surface area (TPSA) is 46.6 Å². The smallest absolute Gasteiger partial charge is 0.314 e. The molecular weight excluding hydrogens is 230 g/mol. The van der Waals surface area contributed by atoms with E-state index in [1.54, 1.807) is 18.9 Å². The summed E-state index contributed by atoms with van der Waals surface area (Å²) in [7, 11) is 1.73. The van der Waals surface area contributed by atoms with Gasteiger partial charge in [-0.1, -0.05) is 17.7 Å². The molecule has 1 aliphatic rings. The molecule has 1 unspecified atom stereocenters. The van der Waals surface area contributed by atoms with Gasteiger partial charge in [0.15, 0.2) is 0 Å². The monoisotopic (exact) mass is 247 g/mol. The minimum atomic E-state index is -0.469. The fourth-order valence-electron chi connectivity index (χ4n) is 2.27. The van der Waals surface area contributed by atoms with Crippen molar-refractivity contribution in [1.29, 1.82) is 0 Å². The maximum atomic E-state index is 11.9. The van der Waals surface area contributed by atoms with Crippen molar-refractivity contribution in [2.24, 2.45) is 0 Å². The number of amides is 1. The van der Waals surface area contributed by atoms with Gasteiger partial charge in [-0.2, -0.15) is 0 Å². The van der Waals surface area contributed by atoms with Gasteiger partial charge in [-0.3, -0.25) is 9.59 Å². The molecule has 1 heterocycles. The minimum Gasteiger partial charge on any atom is -0.466 e. The maximum absolute atomic E-state index is 11.9. The van der Waals surface area contributed by atoms with Crippen LogP contribution in [0.3, 0.4) is 0 Å². The van der Waals surface area contributed by atoms with Crippen LogP contribution in [0.15, 0.2) is 18.2 Å². The van der Waals surface area contributed by atoms with Gasteiger partial charge in [0.25, 0.3) is 0 Å². The first-order chi connectivity index (χ1) is 8.54. The molecule has 1 aliphatic heterocycles. The molecule has 0 saturated heterocycles. The predicted molar refractivity (Wildman–Crippen MR) is 68.6 cm³/mol. The van der Waals surface area contributed by atoms with Gasteiger partial charge in [0, 0.05) is 19.2 Å². The highest BCUT2D eigenvalue weighted by Crippen LogP contribution is 2.36. The summed E-state index contributed by atoms with van der Waals surface area (Å²) in [6.07, 6.45) is 0.186. The van der Waals surface area contributed by atoms with Crippen LogP contribution in [-0.2, 0) is 14.3 Å². The SMILES string of the molecule is CCOC(=O)C1CC(=O)N(C)c2ccc(C)cc21. The Labute approximate surface area is 107 Å². The molecule has 0 bridgehead atoms. The van der Waals surface area contributed by atoms with E-state index in [-0.39, 0.29) is 18.3 Å². The highest BCUT2D eigenvalue weighted by atomic mass is 16.5. The molecule has 1 aromatic rings. The highest BCUT2D eigenvalue weighted by Gasteiger charge is 2.34. The third kappa shape index (κ3) is 2.10.